The predicted octanol–water partition coefficient (Wildman–Crippen LogP) is 6.24. The van der Waals surface area contributed by atoms with Gasteiger partial charge >= 0.3 is 0 Å². The van der Waals surface area contributed by atoms with Gasteiger partial charge < -0.3 is 9.53 Å². The minimum absolute atomic E-state index is 0.181. The number of rotatable bonds is 13. The lowest BCUT2D eigenvalue weighted by Gasteiger charge is -2.36. The summed E-state index contributed by atoms with van der Waals surface area (Å²) in [6.07, 6.45) is 12.9. The average Bonchev–Trinajstić information content (AvgIpc) is 2.72. The van der Waals surface area contributed by atoms with Crippen molar-refractivity contribution in [1.82, 2.24) is 0 Å². The molecule has 1 N–H and O–H groups in total. The van der Waals surface area contributed by atoms with Crippen molar-refractivity contribution in [3.63, 3.8) is 0 Å². The normalized spacial score (nSPS) is 15.6. The van der Waals surface area contributed by atoms with Crippen LogP contribution in [0.15, 0.2) is 84.3 Å². The third-order valence-electron chi connectivity index (χ3n) is 5.85. The zero-order valence-electron chi connectivity index (χ0n) is 20.2. The first-order chi connectivity index (χ1) is 14.9. The lowest BCUT2D eigenvalue weighted by atomic mass is 10.1. The molecule has 0 bridgehead atoms. The van der Waals surface area contributed by atoms with Crippen LogP contribution >= 0.6 is 0 Å². The third kappa shape index (κ3) is 9.02. The molecule has 0 spiro atoms. The van der Waals surface area contributed by atoms with Gasteiger partial charge in [0, 0.05) is 6.61 Å². The molecule has 1 rings (SSSR count). The van der Waals surface area contributed by atoms with E-state index in [1.807, 2.05) is 18.2 Å². The van der Waals surface area contributed by atoms with Crippen LogP contribution in [-0.4, -0.2) is 39.8 Å². The molecule has 4 nitrogen and oxygen atoms in total. The number of benzene rings is 1. The molecule has 32 heavy (non-hydrogen) atoms. The highest BCUT2D eigenvalue weighted by molar-refractivity contribution is 7.92. The fourth-order valence-electron chi connectivity index (χ4n) is 2.82. The number of allylic oxidation sites excluding steroid dienone is 5. The van der Waals surface area contributed by atoms with E-state index >= 15 is 0 Å². The van der Waals surface area contributed by atoms with Gasteiger partial charge in [-0.25, -0.2) is 8.42 Å². The number of hydrogen-bond donors (Lipinski definition) is 1. The van der Waals surface area contributed by atoms with E-state index in [0.717, 1.165) is 6.42 Å². The maximum Gasteiger partial charge on any atom is 0.191 e. The van der Waals surface area contributed by atoms with Gasteiger partial charge in [0.2, 0.25) is 0 Å². The van der Waals surface area contributed by atoms with Gasteiger partial charge in [-0.3, -0.25) is 0 Å². The van der Waals surface area contributed by atoms with Gasteiger partial charge in [-0.05, 0) is 49.5 Å². The summed E-state index contributed by atoms with van der Waals surface area (Å²) in [4.78, 5) is 0.225. The molecule has 2 atom stereocenters. The van der Waals surface area contributed by atoms with Crippen LogP contribution in [0.1, 0.15) is 40.0 Å². The van der Waals surface area contributed by atoms with E-state index in [0.29, 0.717) is 19.4 Å². The van der Waals surface area contributed by atoms with Crippen molar-refractivity contribution in [3.05, 3.63) is 79.4 Å². The molecule has 178 valence electrons. The van der Waals surface area contributed by atoms with Crippen molar-refractivity contribution in [3.8, 4) is 0 Å². The molecule has 0 amide bonds. The quantitative estimate of drug-likeness (QED) is 0.208. The van der Waals surface area contributed by atoms with Crippen LogP contribution in [0.5, 0.6) is 0 Å². The summed E-state index contributed by atoms with van der Waals surface area (Å²) in [6.45, 7) is 15.4. The molecular weight excluding hydrogens is 436 g/mol. The molecule has 0 aromatic heterocycles. The summed E-state index contributed by atoms with van der Waals surface area (Å²) < 4.78 is 32.4. The van der Waals surface area contributed by atoms with Crippen molar-refractivity contribution in [1.29, 1.82) is 0 Å². The molecule has 6 heteroatoms. The zero-order valence-corrected chi connectivity index (χ0v) is 22.0. The van der Waals surface area contributed by atoms with E-state index in [-0.39, 0.29) is 9.93 Å². The molecule has 0 saturated carbocycles. The molecule has 0 aliphatic heterocycles. The second kappa shape index (κ2) is 13.1. The largest absolute Gasteiger partial charge is 0.417 e. The van der Waals surface area contributed by atoms with Crippen LogP contribution in [0.3, 0.4) is 0 Å². The first-order valence-corrected chi connectivity index (χ1v) is 15.6. The SMILES string of the molecule is C=C/C=C/CCC(C(O)/C=C/C=C/CCO[Si](C)(C)C(C)(C)C)S(=O)(=O)c1ccccc1. The second-order valence-electron chi connectivity index (χ2n) is 9.34. The molecule has 0 saturated heterocycles. The Kier molecular flexibility index (Phi) is 11.6. The number of aliphatic hydroxyl groups is 1. The van der Waals surface area contributed by atoms with Crippen LogP contribution in [0.4, 0.5) is 0 Å². The molecule has 0 heterocycles. The Morgan fingerprint density at radius 1 is 1.06 bits per heavy atom. The highest BCUT2D eigenvalue weighted by Gasteiger charge is 2.36. The maximum absolute atomic E-state index is 13.1. The molecule has 2 unspecified atom stereocenters. The van der Waals surface area contributed by atoms with Gasteiger partial charge in [-0.15, -0.1) is 0 Å². The molecule has 0 aliphatic rings. The second-order valence-corrected chi connectivity index (χ2v) is 16.3. The average molecular weight is 477 g/mol. The van der Waals surface area contributed by atoms with Crippen molar-refractivity contribution >= 4 is 18.2 Å². The fraction of sp³-hybridized carbons (Fsp3) is 0.462. The van der Waals surface area contributed by atoms with Crippen LogP contribution in [-0.2, 0) is 14.3 Å². The topological polar surface area (TPSA) is 63.6 Å². The molecule has 0 aliphatic carbocycles. The van der Waals surface area contributed by atoms with Gasteiger partial charge in [-0.1, -0.05) is 88.1 Å². The van der Waals surface area contributed by atoms with E-state index < -0.39 is 29.5 Å². The third-order valence-corrected chi connectivity index (χ3v) is 12.6. The highest BCUT2D eigenvalue weighted by atomic mass is 32.2. The Balaban J connectivity index is 2.78. The van der Waals surface area contributed by atoms with Crippen LogP contribution in [0.2, 0.25) is 18.1 Å². The summed E-state index contributed by atoms with van der Waals surface area (Å²) in [5, 5.41) is 9.95. The van der Waals surface area contributed by atoms with E-state index in [4.69, 9.17) is 4.43 Å². The summed E-state index contributed by atoms with van der Waals surface area (Å²) in [7, 11) is -5.42. The Bertz CT molecular complexity index is 878. The molecular formula is C26H40O4SSi. The maximum atomic E-state index is 13.1. The standard InChI is InChI=1S/C26H40O4SSi/c1-7-8-9-16-21-25(31(28,29)23-18-13-12-14-19-23)24(27)20-15-10-11-17-22-30-32(5,6)26(2,3)4/h7-15,18-20,24-25,27H,1,16-17,21-22H2,2-6H3/b9-8+,11-10+,20-15+. The molecule has 0 fully saturated rings. The lowest BCUT2D eigenvalue weighted by Crippen LogP contribution is -2.40. The van der Waals surface area contributed by atoms with Crippen LogP contribution in [0, 0.1) is 0 Å². The Labute approximate surface area is 196 Å². The summed E-state index contributed by atoms with van der Waals surface area (Å²) in [5.74, 6) is 0. The van der Waals surface area contributed by atoms with Crippen LogP contribution in [0.25, 0.3) is 0 Å². The van der Waals surface area contributed by atoms with Crippen molar-refractivity contribution in [2.24, 2.45) is 0 Å². The summed E-state index contributed by atoms with van der Waals surface area (Å²) >= 11 is 0. The minimum atomic E-state index is -3.67. The molecule has 1 aromatic carbocycles. The van der Waals surface area contributed by atoms with Crippen molar-refractivity contribution < 1.29 is 18.0 Å². The van der Waals surface area contributed by atoms with Crippen molar-refractivity contribution in [2.45, 2.75) is 74.4 Å². The number of hydrogen-bond acceptors (Lipinski definition) is 4. The van der Waals surface area contributed by atoms with Crippen LogP contribution < -0.4 is 0 Å². The lowest BCUT2D eigenvalue weighted by molar-refractivity contribution is 0.212. The monoisotopic (exact) mass is 476 g/mol. The van der Waals surface area contributed by atoms with Crippen molar-refractivity contribution in [2.75, 3.05) is 6.61 Å². The molecule has 1 aromatic rings. The van der Waals surface area contributed by atoms with Gasteiger partial charge in [-0.2, -0.15) is 0 Å². The summed E-state index contributed by atoms with van der Waals surface area (Å²) in [5.41, 5.74) is 0. The smallest absolute Gasteiger partial charge is 0.191 e. The Morgan fingerprint density at radius 2 is 1.69 bits per heavy atom. The Morgan fingerprint density at radius 3 is 2.28 bits per heavy atom. The van der Waals surface area contributed by atoms with E-state index in [2.05, 4.69) is 40.4 Å². The summed E-state index contributed by atoms with van der Waals surface area (Å²) in [6, 6.07) is 8.30. The predicted molar refractivity (Wildman–Crippen MR) is 138 cm³/mol. The van der Waals surface area contributed by atoms with Gasteiger partial charge in [0.25, 0.3) is 0 Å². The number of sulfone groups is 1. The van der Waals surface area contributed by atoms with Gasteiger partial charge in [0.15, 0.2) is 18.2 Å². The first kappa shape index (κ1) is 28.3. The van der Waals surface area contributed by atoms with Gasteiger partial charge in [0.1, 0.15) is 0 Å². The van der Waals surface area contributed by atoms with E-state index in [9.17, 15) is 13.5 Å². The molecule has 0 radical (unpaired) electrons. The highest BCUT2D eigenvalue weighted by Crippen LogP contribution is 2.36. The van der Waals surface area contributed by atoms with E-state index in [1.165, 1.54) is 0 Å². The Hall–Kier alpha value is -1.73. The first-order valence-electron chi connectivity index (χ1n) is 11.2. The minimum Gasteiger partial charge on any atom is -0.417 e. The fourth-order valence-corrected chi connectivity index (χ4v) is 5.67. The van der Waals surface area contributed by atoms with Gasteiger partial charge in [0.05, 0.1) is 16.2 Å². The number of aliphatic hydroxyl groups excluding tert-OH is 1. The van der Waals surface area contributed by atoms with E-state index in [1.54, 1.807) is 54.6 Å². The zero-order chi connectivity index (χ0) is 24.3.